The first-order valence-electron chi connectivity index (χ1n) is 10.0. The molecule has 0 unspecified atom stereocenters. The maximum atomic E-state index is 12.0. The molecule has 4 aromatic carbocycles. The number of fused-ring (bicyclic) bond motifs is 1. The molecule has 4 heteroatoms. The van der Waals surface area contributed by atoms with E-state index in [9.17, 15) is 4.79 Å². The van der Waals surface area contributed by atoms with Gasteiger partial charge in [0, 0.05) is 16.5 Å². The van der Waals surface area contributed by atoms with Crippen molar-refractivity contribution < 1.29 is 19.0 Å². The standard InChI is InChI=1S/C28H20O4/c1-30-18-17-28(29)32-27-20-22(19-23-7-5-6-10-26(23)27)12-11-21-13-15-25(16-14-21)31-24-8-3-2-4-9-24/h2-10,13-20H,1H3/b18-17+. The van der Waals surface area contributed by atoms with E-state index in [1.807, 2.05) is 84.9 Å². The number of benzene rings is 4. The van der Waals surface area contributed by atoms with Crippen LogP contribution in [0.4, 0.5) is 0 Å². The van der Waals surface area contributed by atoms with Gasteiger partial charge in [-0.2, -0.15) is 0 Å². The van der Waals surface area contributed by atoms with E-state index in [-0.39, 0.29) is 0 Å². The molecule has 0 saturated carbocycles. The third-order valence-corrected chi connectivity index (χ3v) is 4.56. The zero-order valence-corrected chi connectivity index (χ0v) is 17.4. The maximum Gasteiger partial charge on any atom is 0.339 e. The fourth-order valence-electron chi connectivity index (χ4n) is 3.07. The normalized spacial score (nSPS) is 10.4. The molecule has 0 bridgehead atoms. The predicted molar refractivity (Wildman–Crippen MR) is 125 cm³/mol. The second kappa shape index (κ2) is 10.0. The quantitative estimate of drug-likeness (QED) is 0.129. The van der Waals surface area contributed by atoms with Crippen molar-refractivity contribution in [3.63, 3.8) is 0 Å². The molecule has 0 spiro atoms. The van der Waals surface area contributed by atoms with E-state index in [1.54, 1.807) is 6.07 Å². The zero-order chi connectivity index (χ0) is 22.2. The molecule has 0 aliphatic carbocycles. The van der Waals surface area contributed by atoms with Crippen LogP contribution in [0, 0.1) is 11.8 Å². The topological polar surface area (TPSA) is 44.8 Å². The molecule has 32 heavy (non-hydrogen) atoms. The van der Waals surface area contributed by atoms with Crippen molar-refractivity contribution in [1.82, 2.24) is 0 Å². The molecular formula is C28H20O4. The molecule has 0 aliphatic rings. The molecule has 0 amide bonds. The summed E-state index contributed by atoms with van der Waals surface area (Å²) in [4.78, 5) is 12.0. The van der Waals surface area contributed by atoms with Gasteiger partial charge in [-0.05, 0) is 53.9 Å². The Morgan fingerprint density at radius 3 is 2.25 bits per heavy atom. The Kier molecular flexibility index (Phi) is 6.50. The Morgan fingerprint density at radius 2 is 1.47 bits per heavy atom. The van der Waals surface area contributed by atoms with Crippen LogP contribution in [-0.4, -0.2) is 13.1 Å². The second-order valence-corrected chi connectivity index (χ2v) is 6.84. The molecule has 0 aromatic heterocycles. The number of hydrogen-bond donors (Lipinski definition) is 0. The summed E-state index contributed by atoms with van der Waals surface area (Å²) in [5.74, 6) is 7.76. The lowest BCUT2D eigenvalue weighted by molar-refractivity contribution is -0.129. The molecule has 0 saturated heterocycles. The minimum Gasteiger partial charge on any atom is -0.504 e. The molecule has 0 radical (unpaired) electrons. The highest BCUT2D eigenvalue weighted by Crippen LogP contribution is 2.28. The number of carbonyl (C=O) groups excluding carboxylic acids is 1. The summed E-state index contributed by atoms with van der Waals surface area (Å²) in [6.07, 6.45) is 2.51. The molecule has 156 valence electrons. The van der Waals surface area contributed by atoms with Crippen molar-refractivity contribution in [1.29, 1.82) is 0 Å². The fraction of sp³-hybridized carbons (Fsp3) is 0.0357. The van der Waals surface area contributed by atoms with Crippen molar-refractivity contribution in [3.05, 3.63) is 114 Å². The van der Waals surface area contributed by atoms with Crippen LogP contribution in [0.3, 0.4) is 0 Å². The van der Waals surface area contributed by atoms with E-state index in [0.29, 0.717) is 5.75 Å². The monoisotopic (exact) mass is 420 g/mol. The third-order valence-electron chi connectivity index (χ3n) is 4.56. The molecule has 0 N–H and O–H groups in total. The largest absolute Gasteiger partial charge is 0.504 e. The highest BCUT2D eigenvalue weighted by molar-refractivity contribution is 5.93. The minimum absolute atomic E-state index is 0.449. The Bertz CT molecular complexity index is 1310. The Labute approximate surface area is 186 Å². The SMILES string of the molecule is CO/C=C/C(=O)Oc1cc(C#Cc2ccc(Oc3ccccc3)cc2)cc2ccccc12. The molecule has 4 nitrogen and oxygen atoms in total. The van der Waals surface area contributed by atoms with Crippen molar-refractivity contribution in [2.45, 2.75) is 0 Å². The van der Waals surface area contributed by atoms with Crippen LogP contribution in [-0.2, 0) is 9.53 Å². The van der Waals surface area contributed by atoms with E-state index in [0.717, 1.165) is 33.4 Å². The van der Waals surface area contributed by atoms with Gasteiger partial charge in [-0.3, -0.25) is 0 Å². The van der Waals surface area contributed by atoms with Gasteiger partial charge in [0.1, 0.15) is 17.2 Å². The van der Waals surface area contributed by atoms with Gasteiger partial charge >= 0.3 is 5.97 Å². The van der Waals surface area contributed by atoms with E-state index < -0.39 is 5.97 Å². The van der Waals surface area contributed by atoms with E-state index in [1.165, 1.54) is 19.4 Å². The third kappa shape index (κ3) is 5.35. The predicted octanol–water partition coefficient (Wildman–Crippen LogP) is 6.10. The lowest BCUT2D eigenvalue weighted by Crippen LogP contribution is -2.04. The highest BCUT2D eigenvalue weighted by atomic mass is 16.5. The summed E-state index contributed by atoms with van der Waals surface area (Å²) in [6.45, 7) is 0. The molecule has 4 rings (SSSR count). The van der Waals surface area contributed by atoms with E-state index >= 15 is 0 Å². The zero-order valence-electron chi connectivity index (χ0n) is 17.4. The number of hydrogen-bond acceptors (Lipinski definition) is 4. The Hall–Kier alpha value is -4.49. The number of esters is 1. The van der Waals surface area contributed by atoms with Gasteiger partial charge in [0.15, 0.2) is 0 Å². The van der Waals surface area contributed by atoms with Gasteiger partial charge in [-0.15, -0.1) is 0 Å². The number of para-hydroxylation sites is 1. The van der Waals surface area contributed by atoms with Crippen molar-refractivity contribution in [3.8, 4) is 29.1 Å². The van der Waals surface area contributed by atoms with Gasteiger partial charge in [0.25, 0.3) is 0 Å². The van der Waals surface area contributed by atoms with Gasteiger partial charge < -0.3 is 14.2 Å². The summed E-state index contributed by atoms with van der Waals surface area (Å²) in [6, 6.07) is 28.6. The fourth-order valence-corrected chi connectivity index (χ4v) is 3.07. The molecular weight excluding hydrogens is 400 g/mol. The van der Waals surface area contributed by atoms with Gasteiger partial charge in [-0.1, -0.05) is 54.3 Å². The summed E-state index contributed by atoms with van der Waals surface area (Å²) < 4.78 is 16.1. The lowest BCUT2D eigenvalue weighted by atomic mass is 10.1. The average Bonchev–Trinajstić information content (AvgIpc) is 2.83. The highest BCUT2D eigenvalue weighted by Gasteiger charge is 2.08. The van der Waals surface area contributed by atoms with Crippen LogP contribution in [0.1, 0.15) is 11.1 Å². The van der Waals surface area contributed by atoms with Crippen molar-refractivity contribution >= 4 is 16.7 Å². The van der Waals surface area contributed by atoms with Gasteiger partial charge in [0.2, 0.25) is 0 Å². The molecule has 0 heterocycles. The number of ether oxygens (including phenoxy) is 3. The smallest absolute Gasteiger partial charge is 0.339 e. The summed E-state index contributed by atoms with van der Waals surface area (Å²) >= 11 is 0. The van der Waals surface area contributed by atoms with Crippen LogP contribution in [0.25, 0.3) is 10.8 Å². The van der Waals surface area contributed by atoms with Crippen molar-refractivity contribution in [2.24, 2.45) is 0 Å². The average molecular weight is 420 g/mol. The number of methoxy groups -OCH3 is 1. The summed E-state index contributed by atoms with van der Waals surface area (Å²) in [7, 11) is 1.47. The van der Waals surface area contributed by atoms with Crippen molar-refractivity contribution in [2.75, 3.05) is 7.11 Å². The Balaban J connectivity index is 1.57. The van der Waals surface area contributed by atoms with Crippen LogP contribution < -0.4 is 9.47 Å². The maximum absolute atomic E-state index is 12.0. The number of carbonyl (C=O) groups is 1. The van der Waals surface area contributed by atoms with E-state index in [4.69, 9.17) is 14.2 Å². The molecule has 4 aromatic rings. The summed E-state index contributed by atoms with van der Waals surface area (Å²) in [5, 5.41) is 1.77. The van der Waals surface area contributed by atoms with Gasteiger partial charge in [-0.25, -0.2) is 4.79 Å². The second-order valence-electron chi connectivity index (χ2n) is 6.84. The lowest BCUT2D eigenvalue weighted by Gasteiger charge is -2.07. The van der Waals surface area contributed by atoms with E-state index in [2.05, 4.69) is 11.8 Å². The van der Waals surface area contributed by atoms with Crippen LogP contribution in [0.2, 0.25) is 0 Å². The summed E-state index contributed by atoms with van der Waals surface area (Å²) in [5.41, 5.74) is 1.59. The van der Waals surface area contributed by atoms with Crippen LogP contribution in [0.15, 0.2) is 103 Å². The molecule has 0 aliphatic heterocycles. The first-order chi connectivity index (χ1) is 15.7. The minimum atomic E-state index is -0.517. The Morgan fingerprint density at radius 1 is 0.781 bits per heavy atom. The molecule has 0 atom stereocenters. The van der Waals surface area contributed by atoms with Crippen LogP contribution >= 0.6 is 0 Å². The first kappa shape index (κ1) is 20.8. The van der Waals surface area contributed by atoms with Crippen LogP contribution in [0.5, 0.6) is 17.2 Å². The molecule has 0 fully saturated rings. The number of rotatable bonds is 5. The first-order valence-corrected chi connectivity index (χ1v) is 10.0. The van der Waals surface area contributed by atoms with Gasteiger partial charge in [0.05, 0.1) is 19.4 Å².